The van der Waals surface area contributed by atoms with Crippen LogP contribution in [-0.2, 0) is 22.5 Å². The Hall–Kier alpha value is -3.29. The maximum atomic E-state index is 13.3. The molecule has 1 amide bonds. The largest absolute Gasteiger partial charge is 0.383 e. The Morgan fingerprint density at radius 3 is 2.76 bits per heavy atom. The Labute approximate surface area is 203 Å². The van der Waals surface area contributed by atoms with E-state index in [-0.39, 0.29) is 18.1 Å². The molecule has 0 aliphatic heterocycles. The number of hydrogen-bond donors (Lipinski definition) is 2. The quantitative estimate of drug-likeness (QED) is 0.337. The second-order valence-corrected chi connectivity index (χ2v) is 9.05. The van der Waals surface area contributed by atoms with Crippen molar-refractivity contribution in [3.05, 3.63) is 60.1 Å². The predicted octanol–water partition coefficient (Wildman–Crippen LogP) is 3.37. The average molecular weight is 501 g/mol. The van der Waals surface area contributed by atoms with E-state index in [1.54, 1.807) is 49.3 Å². The molecule has 0 spiro atoms. The number of carbonyl (C=O) groups excluding carboxylic acids is 1. The smallest absolute Gasteiger partial charge is 0.231 e. The molecule has 0 atom stereocenters. The highest BCUT2D eigenvalue weighted by molar-refractivity contribution is 7.99. The van der Waals surface area contributed by atoms with Crippen LogP contribution in [0.3, 0.4) is 0 Å². The van der Waals surface area contributed by atoms with Crippen LogP contribution in [0.15, 0.2) is 62.8 Å². The Kier molecular flexibility index (Phi) is 7.87. The molecule has 3 heterocycles. The molecule has 0 aliphatic rings. The summed E-state index contributed by atoms with van der Waals surface area (Å²) < 4.78 is 20.0. The number of H-pyrrole nitrogens is 1. The highest BCUT2D eigenvalue weighted by Gasteiger charge is 2.16. The normalized spacial score (nSPS) is 11.0. The van der Waals surface area contributed by atoms with Crippen molar-refractivity contribution in [1.82, 2.24) is 34.9 Å². The lowest BCUT2D eigenvalue weighted by molar-refractivity contribution is -0.115. The van der Waals surface area contributed by atoms with Gasteiger partial charge in [-0.05, 0) is 43.0 Å². The fraction of sp³-hybridized carbons (Fsp3) is 0.238. The maximum absolute atomic E-state index is 13.3. The molecule has 4 rings (SSSR count). The predicted molar refractivity (Wildman–Crippen MR) is 124 cm³/mol. The van der Waals surface area contributed by atoms with E-state index >= 15 is 0 Å². The van der Waals surface area contributed by atoms with Crippen molar-refractivity contribution >= 4 is 35.2 Å². The number of aromatic nitrogens is 7. The van der Waals surface area contributed by atoms with Crippen LogP contribution in [0, 0.1) is 12.7 Å². The van der Waals surface area contributed by atoms with Crippen molar-refractivity contribution in [3.63, 3.8) is 0 Å². The van der Waals surface area contributed by atoms with Crippen LogP contribution >= 0.6 is 23.5 Å². The van der Waals surface area contributed by atoms with Gasteiger partial charge in [0.1, 0.15) is 21.7 Å². The minimum absolute atomic E-state index is 0.0249. The van der Waals surface area contributed by atoms with Gasteiger partial charge >= 0.3 is 0 Å². The van der Waals surface area contributed by atoms with Crippen LogP contribution in [0.5, 0.6) is 0 Å². The lowest BCUT2D eigenvalue weighted by Crippen LogP contribution is -2.17. The van der Waals surface area contributed by atoms with Crippen LogP contribution in [0.25, 0.3) is 0 Å². The van der Waals surface area contributed by atoms with Crippen LogP contribution in [0.2, 0.25) is 0 Å². The number of aryl methyl sites for hydroxylation is 1. The number of nitrogens with zero attached hydrogens (tertiary/aromatic N) is 6. The van der Waals surface area contributed by atoms with Crippen molar-refractivity contribution in [2.75, 3.05) is 19.0 Å². The first-order chi connectivity index (χ1) is 16.5. The van der Waals surface area contributed by atoms with Gasteiger partial charge in [-0.25, -0.2) is 19.3 Å². The van der Waals surface area contributed by atoms with E-state index in [1.165, 1.54) is 35.7 Å². The molecule has 0 aliphatic carbocycles. The third-order valence-electron chi connectivity index (χ3n) is 4.35. The molecule has 13 heteroatoms. The van der Waals surface area contributed by atoms with Crippen LogP contribution in [0.4, 0.5) is 10.2 Å². The number of methoxy groups -OCH3 is 1. The number of hydrogen-bond acceptors (Lipinski definition) is 9. The van der Waals surface area contributed by atoms with Gasteiger partial charge in [0.05, 0.1) is 31.5 Å². The molecule has 10 nitrogen and oxygen atoms in total. The molecular weight excluding hydrogens is 479 g/mol. The number of rotatable bonds is 10. The zero-order valence-electron chi connectivity index (χ0n) is 18.4. The number of halogens is 1. The van der Waals surface area contributed by atoms with Crippen molar-refractivity contribution < 1.29 is 13.9 Å². The summed E-state index contributed by atoms with van der Waals surface area (Å²) in [6.07, 6.45) is 3.34. The Bertz CT molecular complexity index is 1260. The molecule has 0 unspecified atom stereocenters. The molecule has 1 aromatic carbocycles. The van der Waals surface area contributed by atoms with Crippen molar-refractivity contribution in [3.8, 4) is 0 Å². The Morgan fingerprint density at radius 2 is 2.03 bits per heavy atom. The van der Waals surface area contributed by atoms with Gasteiger partial charge < -0.3 is 10.1 Å². The van der Waals surface area contributed by atoms with Gasteiger partial charge in [-0.1, -0.05) is 11.8 Å². The summed E-state index contributed by atoms with van der Waals surface area (Å²) in [6, 6.07) is 7.76. The van der Waals surface area contributed by atoms with E-state index in [0.29, 0.717) is 45.7 Å². The number of nitrogens with one attached hydrogen (secondary N) is 2. The van der Waals surface area contributed by atoms with E-state index in [4.69, 9.17) is 4.74 Å². The van der Waals surface area contributed by atoms with Gasteiger partial charge in [0.2, 0.25) is 11.1 Å². The molecule has 176 valence electrons. The van der Waals surface area contributed by atoms with Crippen LogP contribution < -0.4 is 5.32 Å². The molecule has 0 fully saturated rings. The molecule has 0 saturated carbocycles. The van der Waals surface area contributed by atoms with Gasteiger partial charge in [-0.15, -0.1) is 5.10 Å². The topological polar surface area (TPSA) is 123 Å². The first kappa shape index (κ1) is 23.9. The Balaban J connectivity index is 1.52. The summed E-state index contributed by atoms with van der Waals surface area (Å²) in [7, 11) is 1.62. The average Bonchev–Trinajstić information content (AvgIpc) is 3.43. The second-order valence-electron chi connectivity index (χ2n) is 7.00. The zero-order valence-corrected chi connectivity index (χ0v) is 20.0. The van der Waals surface area contributed by atoms with E-state index < -0.39 is 0 Å². The molecule has 0 radical (unpaired) electrons. The summed E-state index contributed by atoms with van der Waals surface area (Å²) in [4.78, 5) is 27.0. The summed E-state index contributed by atoms with van der Waals surface area (Å²) in [5.74, 6) is 0.503. The van der Waals surface area contributed by atoms with Crippen LogP contribution in [0.1, 0.15) is 11.5 Å². The van der Waals surface area contributed by atoms with Gasteiger partial charge in [0.25, 0.3) is 0 Å². The first-order valence-electron chi connectivity index (χ1n) is 10.2. The molecular formula is C21H21FN8O2S2. The summed E-state index contributed by atoms with van der Waals surface area (Å²) in [5.41, 5.74) is 0.475. The molecule has 34 heavy (non-hydrogen) atoms. The maximum Gasteiger partial charge on any atom is 0.231 e. The minimum atomic E-state index is -0.325. The van der Waals surface area contributed by atoms with E-state index in [2.05, 4.69) is 35.6 Å². The molecule has 0 saturated heterocycles. The monoisotopic (exact) mass is 500 g/mol. The lowest BCUT2D eigenvalue weighted by Gasteiger charge is -2.09. The molecule has 3 aromatic heterocycles. The molecule has 4 aromatic rings. The fourth-order valence-electron chi connectivity index (χ4n) is 2.80. The van der Waals surface area contributed by atoms with Gasteiger partial charge in [0.15, 0.2) is 5.82 Å². The summed E-state index contributed by atoms with van der Waals surface area (Å²) in [6.45, 7) is 2.90. The number of anilines is 1. The Morgan fingerprint density at radius 1 is 1.21 bits per heavy atom. The number of amides is 1. The van der Waals surface area contributed by atoms with E-state index in [0.717, 1.165) is 4.90 Å². The summed E-state index contributed by atoms with van der Waals surface area (Å²) >= 11 is 2.54. The number of carbonyl (C=O) groups is 1. The first-order valence-corrected chi connectivity index (χ1v) is 11.8. The van der Waals surface area contributed by atoms with Crippen molar-refractivity contribution in [1.29, 1.82) is 0 Å². The zero-order chi connectivity index (χ0) is 23.9. The lowest BCUT2D eigenvalue weighted by atomic mass is 10.3. The van der Waals surface area contributed by atoms with Gasteiger partial charge in [-0.3, -0.25) is 14.6 Å². The van der Waals surface area contributed by atoms with Gasteiger partial charge in [-0.2, -0.15) is 5.10 Å². The standard InChI is InChI=1S/C21H21FN8O2S2/c1-13-24-21(28-27-13)34-19-12-23-20(33-15-5-3-14(22)4-6-15)16(25-19)11-18(31)26-17-7-8-30(29-17)9-10-32-2/h3-8,12H,9-11H2,1-2H3,(H,24,27,28)(H,26,29,31). The fourth-order valence-corrected chi connectivity index (χ4v) is 4.36. The van der Waals surface area contributed by atoms with E-state index in [9.17, 15) is 9.18 Å². The second kappa shape index (κ2) is 11.2. The number of aromatic amines is 1. The van der Waals surface area contributed by atoms with Crippen LogP contribution in [-0.4, -0.2) is 54.6 Å². The molecule has 2 N–H and O–H groups in total. The highest BCUT2D eigenvalue weighted by Crippen LogP contribution is 2.31. The minimum Gasteiger partial charge on any atom is -0.383 e. The highest BCUT2D eigenvalue weighted by atomic mass is 32.2. The number of benzene rings is 1. The third-order valence-corrected chi connectivity index (χ3v) is 6.16. The van der Waals surface area contributed by atoms with Gasteiger partial charge in [0, 0.05) is 24.3 Å². The van der Waals surface area contributed by atoms with Crippen molar-refractivity contribution in [2.45, 2.75) is 40.0 Å². The molecule has 0 bridgehead atoms. The summed E-state index contributed by atoms with van der Waals surface area (Å²) in [5, 5.41) is 15.6. The van der Waals surface area contributed by atoms with Crippen molar-refractivity contribution in [2.24, 2.45) is 0 Å². The van der Waals surface area contributed by atoms with E-state index in [1.807, 2.05) is 0 Å². The third kappa shape index (κ3) is 6.62. The number of ether oxygens (including phenoxy) is 1. The SMILES string of the molecule is COCCn1ccc(NC(=O)Cc2nc(Sc3n[nH]c(C)n3)cnc2Sc2ccc(F)cc2)n1.